The third kappa shape index (κ3) is 5.94. The highest BCUT2D eigenvalue weighted by atomic mass is 32.2. The normalized spacial score (nSPS) is 20.4. The van der Waals surface area contributed by atoms with Gasteiger partial charge in [-0.1, -0.05) is 6.42 Å². The number of carbonyl (C=O) groups is 1. The van der Waals surface area contributed by atoms with Crippen molar-refractivity contribution in [3.05, 3.63) is 40.7 Å². The number of carboxylic acid groups (broad SMARTS) is 1. The van der Waals surface area contributed by atoms with Crippen molar-refractivity contribution in [2.75, 3.05) is 32.8 Å². The molecule has 4 heterocycles. The van der Waals surface area contributed by atoms with Gasteiger partial charge in [-0.15, -0.1) is 0 Å². The number of aromatic nitrogens is 2. The molecule has 2 aromatic rings. The Kier molecular flexibility index (Phi) is 7.61. The van der Waals surface area contributed by atoms with Gasteiger partial charge in [0.1, 0.15) is 17.1 Å². The molecule has 1 spiro atoms. The zero-order chi connectivity index (χ0) is 26.9. The molecule has 1 saturated heterocycles. The number of sulfonamides is 1. The van der Waals surface area contributed by atoms with E-state index >= 15 is 0 Å². The highest BCUT2D eigenvalue weighted by molar-refractivity contribution is 7.89. The van der Waals surface area contributed by atoms with Crippen LogP contribution in [-0.4, -0.2) is 77.1 Å². The minimum atomic E-state index is -3.91. The van der Waals surface area contributed by atoms with Crippen LogP contribution in [0.2, 0.25) is 0 Å². The maximum absolute atomic E-state index is 13.9. The molecule has 0 atom stereocenters. The summed E-state index contributed by atoms with van der Waals surface area (Å²) < 4.78 is 41.5. The van der Waals surface area contributed by atoms with Crippen molar-refractivity contribution in [3.63, 3.8) is 0 Å². The third-order valence-electron chi connectivity index (χ3n) is 7.61. The molecule has 2 aliphatic heterocycles. The van der Waals surface area contributed by atoms with E-state index in [1.807, 2.05) is 19.9 Å². The first-order chi connectivity index (χ1) is 18.1. The fourth-order valence-electron chi connectivity index (χ4n) is 5.08. The average molecular weight is 545 g/mol. The molecule has 2 fully saturated rings. The second-order valence-electron chi connectivity index (χ2n) is 10.7. The molecule has 0 unspecified atom stereocenters. The van der Waals surface area contributed by atoms with Crippen LogP contribution in [0.4, 0.5) is 0 Å². The number of hydrogen-bond donors (Lipinski definition) is 1. The number of carboxylic acids is 1. The number of hydrogen-bond acceptors (Lipinski definition) is 8. The Balaban J connectivity index is 1.38. The van der Waals surface area contributed by atoms with Crippen molar-refractivity contribution in [2.24, 2.45) is 0 Å². The van der Waals surface area contributed by atoms with Gasteiger partial charge in [0.15, 0.2) is 0 Å². The van der Waals surface area contributed by atoms with Gasteiger partial charge in [-0.2, -0.15) is 9.29 Å². The summed E-state index contributed by atoms with van der Waals surface area (Å²) in [7, 11) is -3.91. The number of nitrogens with zero attached hydrogens (tertiary/aromatic N) is 4. The third-order valence-corrected chi connectivity index (χ3v) is 9.40. The maximum Gasteiger partial charge on any atom is 0.303 e. The zero-order valence-corrected chi connectivity index (χ0v) is 22.9. The van der Waals surface area contributed by atoms with Crippen molar-refractivity contribution in [2.45, 2.75) is 75.8 Å². The van der Waals surface area contributed by atoms with Gasteiger partial charge in [-0.05, 0) is 75.9 Å². The molecule has 0 amide bonds. The molecule has 0 radical (unpaired) electrons. The topological polar surface area (TPSA) is 122 Å². The van der Waals surface area contributed by atoms with Crippen molar-refractivity contribution in [1.29, 1.82) is 0 Å². The molecule has 10 nitrogen and oxygen atoms in total. The molecule has 1 N–H and O–H groups in total. The first-order valence-electron chi connectivity index (χ1n) is 13.4. The van der Waals surface area contributed by atoms with Crippen molar-refractivity contribution < 1.29 is 27.8 Å². The Morgan fingerprint density at radius 1 is 1.16 bits per heavy atom. The van der Waals surface area contributed by atoms with E-state index in [2.05, 4.69) is 14.9 Å². The summed E-state index contributed by atoms with van der Waals surface area (Å²) in [5.41, 5.74) is 2.32. The molecule has 206 valence electrons. The minimum Gasteiger partial charge on any atom is -0.481 e. The van der Waals surface area contributed by atoms with Gasteiger partial charge in [-0.25, -0.2) is 8.42 Å². The van der Waals surface area contributed by atoms with Gasteiger partial charge in [0, 0.05) is 37.0 Å². The van der Waals surface area contributed by atoms with E-state index in [1.54, 1.807) is 12.3 Å². The molecular formula is C27H36N4O6S. The second kappa shape index (κ2) is 10.8. The Morgan fingerprint density at radius 2 is 1.92 bits per heavy atom. The van der Waals surface area contributed by atoms with Gasteiger partial charge in [-0.3, -0.25) is 14.7 Å². The lowest BCUT2D eigenvalue weighted by molar-refractivity contribution is -0.136. The largest absolute Gasteiger partial charge is 0.481 e. The van der Waals surface area contributed by atoms with Gasteiger partial charge in [0.2, 0.25) is 21.8 Å². The molecule has 1 aliphatic carbocycles. The van der Waals surface area contributed by atoms with Crippen LogP contribution in [0.1, 0.15) is 60.9 Å². The van der Waals surface area contributed by atoms with E-state index in [4.69, 9.17) is 14.6 Å². The fourth-order valence-corrected chi connectivity index (χ4v) is 6.71. The number of fused-ring (bicyclic) bond motifs is 1. The van der Waals surface area contributed by atoms with Gasteiger partial charge >= 0.3 is 5.97 Å². The van der Waals surface area contributed by atoms with Crippen LogP contribution >= 0.6 is 0 Å². The smallest absolute Gasteiger partial charge is 0.303 e. The molecule has 5 rings (SSSR count). The van der Waals surface area contributed by atoms with Gasteiger partial charge in [0.05, 0.1) is 13.0 Å². The van der Waals surface area contributed by atoms with Crippen LogP contribution in [0.25, 0.3) is 0 Å². The van der Waals surface area contributed by atoms with E-state index in [0.717, 1.165) is 43.6 Å². The average Bonchev–Trinajstić information content (AvgIpc) is 3.65. The molecular weight excluding hydrogens is 508 g/mol. The second-order valence-corrected chi connectivity index (χ2v) is 12.6. The highest BCUT2D eigenvalue weighted by Gasteiger charge is 2.52. The zero-order valence-electron chi connectivity index (χ0n) is 22.1. The number of rotatable bonds is 9. The lowest BCUT2D eigenvalue weighted by Crippen LogP contribution is -2.38. The molecule has 38 heavy (non-hydrogen) atoms. The maximum atomic E-state index is 13.9. The standard InChI is InChI=1S/C27H36N4O6S/c1-19-14-23-26(29-25(19)36-13-12-30-10-4-3-5-11-30)37-27(8-9-27)18-31(38(23,34)35)17-21-15-22(6-7-24(32)33)28-16-20(21)2/h14-16H,3-13,17-18H2,1-2H3,(H,32,33). The summed E-state index contributed by atoms with van der Waals surface area (Å²) in [4.78, 5) is 22.3. The highest BCUT2D eigenvalue weighted by Crippen LogP contribution is 2.47. The van der Waals surface area contributed by atoms with E-state index in [0.29, 0.717) is 23.7 Å². The predicted octanol–water partition coefficient (Wildman–Crippen LogP) is 3.09. The van der Waals surface area contributed by atoms with Crippen LogP contribution in [0.15, 0.2) is 23.2 Å². The summed E-state index contributed by atoms with van der Waals surface area (Å²) in [5, 5.41) is 9.02. The lowest BCUT2D eigenvalue weighted by Gasteiger charge is -2.26. The molecule has 1 saturated carbocycles. The molecule has 3 aliphatic rings. The van der Waals surface area contributed by atoms with Crippen LogP contribution < -0.4 is 9.47 Å². The Morgan fingerprint density at radius 3 is 2.63 bits per heavy atom. The monoisotopic (exact) mass is 544 g/mol. The van der Waals surface area contributed by atoms with Crippen LogP contribution in [0, 0.1) is 13.8 Å². The van der Waals surface area contributed by atoms with E-state index in [-0.39, 0.29) is 36.7 Å². The summed E-state index contributed by atoms with van der Waals surface area (Å²) in [5.74, 6) is -0.378. The van der Waals surface area contributed by atoms with Crippen molar-refractivity contribution in [1.82, 2.24) is 19.2 Å². The number of aryl methyl sites for hydroxylation is 3. The van der Waals surface area contributed by atoms with Crippen molar-refractivity contribution in [3.8, 4) is 11.8 Å². The van der Waals surface area contributed by atoms with Gasteiger partial charge in [0.25, 0.3) is 0 Å². The Labute approximate surface area is 224 Å². The van der Waals surface area contributed by atoms with Crippen LogP contribution in [0.5, 0.6) is 11.8 Å². The van der Waals surface area contributed by atoms with E-state index < -0.39 is 21.6 Å². The van der Waals surface area contributed by atoms with E-state index in [9.17, 15) is 13.2 Å². The number of likely N-dealkylation sites (tertiary alicyclic amines) is 1. The first kappa shape index (κ1) is 26.8. The molecule has 0 aromatic carbocycles. The summed E-state index contributed by atoms with van der Waals surface area (Å²) in [6, 6.07) is 3.42. The molecule has 11 heteroatoms. The quantitative estimate of drug-likeness (QED) is 0.507. The lowest BCUT2D eigenvalue weighted by atomic mass is 10.1. The predicted molar refractivity (Wildman–Crippen MR) is 140 cm³/mol. The molecule has 2 aromatic heterocycles. The van der Waals surface area contributed by atoms with Crippen LogP contribution in [0.3, 0.4) is 0 Å². The fraction of sp³-hybridized carbons (Fsp3) is 0.593. The number of piperidine rings is 1. The minimum absolute atomic E-state index is 0.0325. The van der Waals surface area contributed by atoms with Crippen LogP contribution in [-0.2, 0) is 27.8 Å². The number of aliphatic carboxylic acids is 1. The molecule has 0 bridgehead atoms. The first-order valence-corrected chi connectivity index (χ1v) is 14.8. The van der Waals surface area contributed by atoms with E-state index in [1.165, 1.54) is 23.6 Å². The summed E-state index contributed by atoms with van der Waals surface area (Å²) in [6.07, 6.45) is 7.13. The van der Waals surface area contributed by atoms with Gasteiger partial charge < -0.3 is 14.6 Å². The number of ether oxygens (including phenoxy) is 2. The number of pyridine rings is 2. The summed E-state index contributed by atoms with van der Waals surface area (Å²) in [6.45, 7) is 7.52. The summed E-state index contributed by atoms with van der Waals surface area (Å²) >= 11 is 0. The SMILES string of the molecule is Cc1cnc(CCC(=O)O)cc1CN1CC2(CC2)Oc2nc(OCCN3CCCCC3)c(C)cc2S1(=O)=O. The van der Waals surface area contributed by atoms with Crippen molar-refractivity contribution >= 4 is 16.0 Å². The Hall–Kier alpha value is -2.76. The Bertz CT molecular complexity index is 1300.